The number of rotatable bonds is 2. The number of ether oxygens (including phenoxy) is 1. The van der Waals surface area contributed by atoms with E-state index in [9.17, 15) is 0 Å². The summed E-state index contributed by atoms with van der Waals surface area (Å²) in [5, 5.41) is 0. The molecular formula is C28H47NO. The summed E-state index contributed by atoms with van der Waals surface area (Å²) in [4.78, 5) is 0. The lowest BCUT2D eigenvalue weighted by molar-refractivity contribution is -0.0577. The van der Waals surface area contributed by atoms with Crippen molar-refractivity contribution < 1.29 is 4.74 Å². The van der Waals surface area contributed by atoms with Crippen molar-refractivity contribution in [2.45, 2.75) is 127 Å². The van der Waals surface area contributed by atoms with Crippen LogP contribution in [0.4, 0.5) is 0 Å². The zero-order valence-corrected chi connectivity index (χ0v) is 19.4. The fourth-order valence-electron chi connectivity index (χ4n) is 9.86. The standard InChI is InChI=1S/C28H47NO/c29-25-16-15-24-23-7-3-4-8-26(23)30-28(24)27(25)20-12-9-19(10-13-20)22-14-11-18-5-1-2-6-21(18)17-22/h18-28H,1-17,29H2. The second-order valence-corrected chi connectivity index (χ2v) is 12.6. The zero-order valence-electron chi connectivity index (χ0n) is 19.4. The Morgan fingerprint density at radius 3 is 1.93 bits per heavy atom. The number of nitrogens with two attached hydrogens (primary N) is 1. The Hall–Kier alpha value is -0.0800. The molecule has 1 heterocycles. The van der Waals surface area contributed by atoms with E-state index in [1.807, 2.05) is 0 Å². The van der Waals surface area contributed by atoms with Gasteiger partial charge in [-0.15, -0.1) is 0 Å². The molecule has 1 aliphatic heterocycles. The second-order valence-electron chi connectivity index (χ2n) is 12.6. The molecule has 1 saturated heterocycles. The number of fused-ring (bicyclic) bond motifs is 4. The SMILES string of the molecule is NC1CCC2C3CCCCC3OC2C1C1CCC(C2CCC3CCCCC3C2)CC1. The van der Waals surface area contributed by atoms with Gasteiger partial charge in [-0.2, -0.15) is 0 Å². The Kier molecular flexibility index (Phi) is 5.95. The summed E-state index contributed by atoms with van der Waals surface area (Å²) in [6.45, 7) is 0. The molecule has 0 aromatic rings. The lowest BCUT2D eigenvalue weighted by Crippen LogP contribution is -2.50. The van der Waals surface area contributed by atoms with Gasteiger partial charge in [0.15, 0.2) is 0 Å². The summed E-state index contributed by atoms with van der Waals surface area (Å²) in [5.41, 5.74) is 6.83. The van der Waals surface area contributed by atoms with Gasteiger partial charge in [-0.05, 0) is 112 Å². The molecule has 2 heteroatoms. The van der Waals surface area contributed by atoms with E-state index >= 15 is 0 Å². The average Bonchev–Trinajstić information content (AvgIpc) is 3.17. The molecule has 0 amide bonds. The zero-order chi connectivity index (χ0) is 20.1. The quantitative estimate of drug-likeness (QED) is 0.546. The molecule has 0 aromatic heterocycles. The van der Waals surface area contributed by atoms with Crippen LogP contribution in [0.2, 0.25) is 0 Å². The first-order chi connectivity index (χ1) is 14.8. The fourth-order valence-corrected chi connectivity index (χ4v) is 9.86. The maximum atomic E-state index is 6.83. The van der Waals surface area contributed by atoms with Gasteiger partial charge in [0, 0.05) is 12.0 Å². The van der Waals surface area contributed by atoms with Crippen LogP contribution in [-0.2, 0) is 4.74 Å². The third-order valence-corrected chi connectivity index (χ3v) is 11.4. The van der Waals surface area contributed by atoms with Crippen molar-refractivity contribution in [3.8, 4) is 0 Å². The van der Waals surface area contributed by atoms with Gasteiger partial charge in [-0.1, -0.05) is 38.5 Å². The Morgan fingerprint density at radius 1 is 0.500 bits per heavy atom. The van der Waals surface area contributed by atoms with Crippen molar-refractivity contribution in [2.75, 3.05) is 0 Å². The van der Waals surface area contributed by atoms with Crippen molar-refractivity contribution in [2.24, 2.45) is 53.1 Å². The summed E-state index contributed by atoms with van der Waals surface area (Å²) >= 11 is 0. The van der Waals surface area contributed by atoms with Crippen molar-refractivity contribution in [3.63, 3.8) is 0 Å². The first-order valence-corrected chi connectivity index (χ1v) is 14.2. The van der Waals surface area contributed by atoms with Gasteiger partial charge < -0.3 is 10.5 Å². The third-order valence-electron chi connectivity index (χ3n) is 11.4. The molecule has 30 heavy (non-hydrogen) atoms. The maximum absolute atomic E-state index is 6.83. The highest BCUT2D eigenvalue weighted by atomic mass is 16.5. The molecular weight excluding hydrogens is 366 g/mol. The van der Waals surface area contributed by atoms with E-state index in [0.29, 0.717) is 24.2 Å². The normalized spacial score (nSPS) is 54.1. The van der Waals surface area contributed by atoms with Crippen LogP contribution in [0.15, 0.2) is 0 Å². The molecule has 6 fully saturated rings. The molecule has 0 aromatic carbocycles. The Morgan fingerprint density at radius 2 is 1.10 bits per heavy atom. The molecule has 2 N–H and O–H groups in total. The Bertz CT molecular complexity index is 583. The van der Waals surface area contributed by atoms with Gasteiger partial charge in [0.05, 0.1) is 12.2 Å². The Balaban J connectivity index is 1.08. The van der Waals surface area contributed by atoms with E-state index in [1.54, 1.807) is 32.1 Å². The van der Waals surface area contributed by atoms with Crippen molar-refractivity contribution in [1.29, 1.82) is 0 Å². The summed E-state index contributed by atoms with van der Waals surface area (Å²) in [7, 11) is 0. The summed E-state index contributed by atoms with van der Waals surface area (Å²) in [6, 6.07) is 0.408. The van der Waals surface area contributed by atoms with Gasteiger partial charge in [-0.25, -0.2) is 0 Å². The van der Waals surface area contributed by atoms with Crippen LogP contribution >= 0.6 is 0 Å². The van der Waals surface area contributed by atoms with Gasteiger partial charge in [0.2, 0.25) is 0 Å². The predicted molar refractivity (Wildman–Crippen MR) is 123 cm³/mol. The number of hydrogen-bond donors (Lipinski definition) is 1. The van der Waals surface area contributed by atoms with Crippen molar-refractivity contribution in [1.82, 2.24) is 0 Å². The van der Waals surface area contributed by atoms with Crippen molar-refractivity contribution >= 4 is 0 Å². The molecule has 6 rings (SSSR count). The average molecular weight is 414 g/mol. The Labute approximate surface area is 185 Å². The molecule has 0 bridgehead atoms. The molecule has 9 atom stereocenters. The van der Waals surface area contributed by atoms with E-state index in [-0.39, 0.29) is 0 Å². The van der Waals surface area contributed by atoms with Gasteiger partial charge >= 0.3 is 0 Å². The number of hydrogen-bond acceptors (Lipinski definition) is 2. The topological polar surface area (TPSA) is 35.2 Å². The van der Waals surface area contributed by atoms with Crippen molar-refractivity contribution in [3.05, 3.63) is 0 Å². The smallest absolute Gasteiger partial charge is 0.0656 e. The van der Waals surface area contributed by atoms with E-state index in [4.69, 9.17) is 10.5 Å². The minimum absolute atomic E-state index is 0.408. The maximum Gasteiger partial charge on any atom is 0.0656 e. The minimum atomic E-state index is 0.408. The van der Waals surface area contributed by atoms with Gasteiger partial charge in [-0.3, -0.25) is 0 Å². The largest absolute Gasteiger partial charge is 0.374 e. The molecule has 9 unspecified atom stereocenters. The van der Waals surface area contributed by atoms with E-state index in [0.717, 1.165) is 41.4 Å². The van der Waals surface area contributed by atoms with Crippen LogP contribution in [0.1, 0.15) is 109 Å². The fraction of sp³-hybridized carbons (Fsp3) is 1.00. The summed E-state index contributed by atoms with van der Waals surface area (Å²) in [5.74, 6) is 7.54. The third kappa shape index (κ3) is 3.70. The van der Waals surface area contributed by atoms with E-state index in [1.165, 1.54) is 77.0 Å². The highest BCUT2D eigenvalue weighted by Gasteiger charge is 2.53. The lowest BCUT2D eigenvalue weighted by Gasteiger charge is -2.47. The molecule has 5 saturated carbocycles. The highest BCUT2D eigenvalue weighted by molar-refractivity contribution is 5.03. The minimum Gasteiger partial charge on any atom is -0.374 e. The van der Waals surface area contributed by atoms with Gasteiger partial charge in [0.25, 0.3) is 0 Å². The molecule has 0 spiro atoms. The van der Waals surface area contributed by atoms with Crippen LogP contribution in [0.5, 0.6) is 0 Å². The first kappa shape index (κ1) is 20.5. The van der Waals surface area contributed by atoms with Crippen LogP contribution in [-0.4, -0.2) is 18.2 Å². The summed E-state index contributed by atoms with van der Waals surface area (Å²) < 4.78 is 6.83. The van der Waals surface area contributed by atoms with Gasteiger partial charge in [0.1, 0.15) is 0 Å². The second kappa shape index (κ2) is 8.69. The van der Waals surface area contributed by atoms with Crippen LogP contribution in [0.3, 0.4) is 0 Å². The molecule has 0 radical (unpaired) electrons. The summed E-state index contributed by atoms with van der Waals surface area (Å²) in [6.07, 6.45) is 26.1. The van der Waals surface area contributed by atoms with Crippen LogP contribution in [0.25, 0.3) is 0 Å². The monoisotopic (exact) mass is 413 g/mol. The van der Waals surface area contributed by atoms with E-state index in [2.05, 4.69) is 0 Å². The molecule has 6 aliphatic rings. The molecule has 5 aliphatic carbocycles. The predicted octanol–water partition coefficient (Wildman–Crippen LogP) is 6.71. The first-order valence-electron chi connectivity index (χ1n) is 14.2. The lowest BCUT2D eigenvalue weighted by atomic mass is 9.59. The molecule has 170 valence electrons. The van der Waals surface area contributed by atoms with E-state index < -0.39 is 0 Å². The van der Waals surface area contributed by atoms with Crippen LogP contribution < -0.4 is 5.73 Å². The molecule has 2 nitrogen and oxygen atoms in total. The highest BCUT2D eigenvalue weighted by Crippen LogP contribution is 2.54. The van der Waals surface area contributed by atoms with Crippen LogP contribution in [0, 0.1) is 47.3 Å².